The van der Waals surface area contributed by atoms with Gasteiger partial charge in [0.15, 0.2) is 5.76 Å². The molecule has 22 heavy (non-hydrogen) atoms. The van der Waals surface area contributed by atoms with Crippen LogP contribution in [0.4, 0.5) is 5.95 Å². The van der Waals surface area contributed by atoms with Gasteiger partial charge in [-0.15, -0.1) is 5.10 Å². The highest BCUT2D eigenvalue weighted by atomic mass is 16.5. The molecule has 7 nitrogen and oxygen atoms in total. The molecule has 3 rings (SSSR count). The van der Waals surface area contributed by atoms with E-state index in [4.69, 9.17) is 9.15 Å². The molecule has 0 radical (unpaired) electrons. The summed E-state index contributed by atoms with van der Waals surface area (Å²) in [6, 6.07) is 10.9. The number of rotatable bonds is 5. The fourth-order valence-electron chi connectivity index (χ4n) is 1.94. The Kier molecular flexibility index (Phi) is 3.86. The first kappa shape index (κ1) is 13.9. The van der Waals surface area contributed by atoms with Crippen LogP contribution in [-0.2, 0) is 6.42 Å². The van der Waals surface area contributed by atoms with Gasteiger partial charge in [-0.1, -0.05) is 12.1 Å². The van der Waals surface area contributed by atoms with E-state index in [1.54, 1.807) is 19.2 Å². The molecule has 0 saturated heterocycles. The maximum atomic E-state index is 11.8. The largest absolute Gasteiger partial charge is 0.497 e. The number of furan rings is 1. The molecule has 0 bridgehead atoms. The van der Waals surface area contributed by atoms with Gasteiger partial charge in [0, 0.05) is 6.42 Å². The maximum Gasteiger partial charge on any atom is 0.293 e. The number of carbonyl (C=O) groups is 1. The van der Waals surface area contributed by atoms with E-state index in [-0.39, 0.29) is 17.6 Å². The first-order chi connectivity index (χ1) is 10.7. The number of aromatic amines is 1. The molecule has 0 aliphatic carbocycles. The predicted molar refractivity (Wildman–Crippen MR) is 78.8 cm³/mol. The van der Waals surface area contributed by atoms with Crippen molar-refractivity contribution in [1.29, 1.82) is 0 Å². The van der Waals surface area contributed by atoms with Crippen molar-refractivity contribution in [2.75, 3.05) is 12.4 Å². The predicted octanol–water partition coefficient (Wildman–Crippen LogP) is 2.25. The Morgan fingerprint density at radius 1 is 1.32 bits per heavy atom. The Labute approximate surface area is 126 Å². The quantitative estimate of drug-likeness (QED) is 0.753. The molecule has 0 spiro atoms. The van der Waals surface area contributed by atoms with E-state index in [1.807, 2.05) is 24.3 Å². The standard InChI is InChI=1S/C15H14N4O3/c1-21-11-6-4-10(5-7-11)9-13-16-15(19-18-13)17-14(20)12-3-2-8-22-12/h2-8H,9H2,1H3,(H2,16,17,18,19,20). The lowest BCUT2D eigenvalue weighted by Gasteiger charge is -2.01. The second-order valence-electron chi connectivity index (χ2n) is 4.56. The van der Waals surface area contributed by atoms with Gasteiger partial charge in [-0.05, 0) is 29.8 Å². The summed E-state index contributed by atoms with van der Waals surface area (Å²) in [6.07, 6.45) is 2.01. The summed E-state index contributed by atoms with van der Waals surface area (Å²) in [7, 11) is 1.62. The lowest BCUT2D eigenvalue weighted by molar-refractivity contribution is 0.0996. The number of hydrogen-bond acceptors (Lipinski definition) is 5. The minimum absolute atomic E-state index is 0.210. The molecule has 1 aromatic carbocycles. The van der Waals surface area contributed by atoms with Gasteiger partial charge in [-0.3, -0.25) is 15.2 Å². The van der Waals surface area contributed by atoms with Crippen LogP contribution in [0.1, 0.15) is 21.9 Å². The molecule has 0 saturated carbocycles. The number of methoxy groups -OCH3 is 1. The van der Waals surface area contributed by atoms with E-state index in [1.165, 1.54) is 6.26 Å². The summed E-state index contributed by atoms with van der Waals surface area (Å²) < 4.78 is 10.1. The van der Waals surface area contributed by atoms with Crippen molar-refractivity contribution in [2.24, 2.45) is 0 Å². The molecule has 112 valence electrons. The SMILES string of the molecule is COc1ccc(Cc2nc(NC(=O)c3ccco3)n[nH]2)cc1. The third-order valence-corrected chi connectivity index (χ3v) is 3.03. The number of nitrogens with zero attached hydrogens (tertiary/aromatic N) is 2. The van der Waals surface area contributed by atoms with Crippen LogP contribution in [-0.4, -0.2) is 28.2 Å². The zero-order valence-corrected chi connectivity index (χ0v) is 11.9. The number of anilines is 1. The average molecular weight is 298 g/mol. The topological polar surface area (TPSA) is 93.0 Å². The van der Waals surface area contributed by atoms with E-state index in [2.05, 4.69) is 20.5 Å². The molecule has 0 atom stereocenters. The Hall–Kier alpha value is -3.09. The third kappa shape index (κ3) is 3.14. The van der Waals surface area contributed by atoms with Crippen LogP contribution in [0.25, 0.3) is 0 Å². The highest BCUT2D eigenvalue weighted by Gasteiger charge is 2.12. The minimum atomic E-state index is -0.389. The average Bonchev–Trinajstić information content (AvgIpc) is 3.20. The van der Waals surface area contributed by atoms with Crippen LogP contribution in [0.5, 0.6) is 5.75 Å². The lowest BCUT2D eigenvalue weighted by Crippen LogP contribution is -2.12. The van der Waals surface area contributed by atoms with E-state index < -0.39 is 0 Å². The second-order valence-corrected chi connectivity index (χ2v) is 4.56. The minimum Gasteiger partial charge on any atom is -0.497 e. The maximum absolute atomic E-state index is 11.8. The van der Waals surface area contributed by atoms with Gasteiger partial charge in [0.1, 0.15) is 11.6 Å². The Morgan fingerprint density at radius 3 is 2.82 bits per heavy atom. The first-order valence-electron chi connectivity index (χ1n) is 6.63. The summed E-state index contributed by atoms with van der Waals surface area (Å²) in [5, 5.41) is 9.32. The molecule has 2 heterocycles. The number of hydrogen-bond donors (Lipinski definition) is 2. The van der Waals surface area contributed by atoms with Gasteiger partial charge in [0.2, 0.25) is 5.95 Å². The Morgan fingerprint density at radius 2 is 2.14 bits per heavy atom. The molecule has 0 aliphatic heterocycles. The van der Waals surface area contributed by atoms with Crippen molar-refractivity contribution in [3.05, 3.63) is 59.8 Å². The fourth-order valence-corrected chi connectivity index (χ4v) is 1.94. The number of aromatic nitrogens is 3. The smallest absolute Gasteiger partial charge is 0.293 e. The van der Waals surface area contributed by atoms with Crippen molar-refractivity contribution >= 4 is 11.9 Å². The van der Waals surface area contributed by atoms with Gasteiger partial charge >= 0.3 is 0 Å². The summed E-state index contributed by atoms with van der Waals surface area (Å²) in [5.74, 6) is 1.49. The van der Waals surface area contributed by atoms with Gasteiger partial charge < -0.3 is 9.15 Å². The summed E-state index contributed by atoms with van der Waals surface area (Å²) >= 11 is 0. The van der Waals surface area contributed by atoms with Gasteiger partial charge in [0.25, 0.3) is 5.91 Å². The molecule has 2 N–H and O–H groups in total. The molecule has 0 unspecified atom stereocenters. The molecule has 2 aromatic heterocycles. The second kappa shape index (κ2) is 6.13. The van der Waals surface area contributed by atoms with Crippen molar-refractivity contribution in [3.63, 3.8) is 0 Å². The van der Waals surface area contributed by atoms with E-state index in [0.29, 0.717) is 12.2 Å². The van der Waals surface area contributed by atoms with Crippen LogP contribution in [0.3, 0.4) is 0 Å². The van der Waals surface area contributed by atoms with Gasteiger partial charge in [-0.2, -0.15) is 4.98 Å². The van der Waals surface area contributed by atoms with Crippen LogP contribution in [0, 0.1) is 0 Å². The number of nitrogens with one attached hydrogen (secondary N) is 2. The fraction of sp³-hybridized carbons (Fsp3) is 0.133. The normalized spacial score (nSPS) is 10.4. The van der Waals surface area contributed by atoms with Crippen molar-refractivity contribution in [1.82, 2.24) is 15.2 Å². The molecule has 0 fully saturated rings. The van der Waals surface area contributed by atoms with Crippen LogP contribution in [0.15, 0.2) is 47.1 Å². The molecule has 1 amide bonds. The molecular weight excluding hydrogens is 284 g/mol. The molecule has 0 aliphatic rings. The van der Waals surface area contributed by atoms with Gasteiger partial charge in [0.05, 0.1) is 13.4 Å². The highest BCUT2D eigenvalue weighted by molar-refractivity contribution is 6.01. The first-order valence-corrected chi connectivity index (χ1v) is 6.63. The molecule has 3 aromatic rings. The van der Waals surface area contributed by atoms with E-state index in [9.17, 15) is 4.79 Å². The number of benzene rings is 1. The Bertz CT molecular complexity index is 747. The van der Waals surface area contributed by atoms with Crippen LogP contribution < -0.4 is 10.1 Å². The highest BCUT2D eigenvalue weighted by Crippen LogP contribution is 2.14. The molecular formula is C15H14N4O3. The monoisotopic (exact) mass is 298 g/mol. The zero-order chi connectivity index (χ0) is 15.4. The van der Waals surface area contributed by atoms with E-state index >= 15 is 0 Å². The van der Waals surface area contributed by atoms with Crippen LogP contribution >= 0.6 is 0 Å². The van der Waals surface area contributed by atoms with Gasteiger partial charge in [-0.25, -0.2) is 0 Å². The number of carbonyl (C=O) groups excluding carboxylic acids is 1. The zero-order valence-electron chi connectivity index (χ0n) is 11.9. The number of H-pyrrole nitrogens is 1. The van der Waals surface area contributed by atoms with Crippen LogP contribution in [0.2, 0.25) is 0 Å². The number of amides is 1. The summed E-state index contributed by atoms with van der Waals surface area (Å²) in [5.41, 5.74) is 1.06. The summed E-state index contributed by atoms with van der Waals surface area (Å²) in [4.78, 5) is 16.0. The lowest BCUT2D eigenvalue weighted by atomic mass is 10.1. The third-order valence-electron chi connectivity index (χ3n) is 3.03. The van der Waals surface area contributed by atoms with Crippen molar-refractivity contribution in [3.8, 4) is 5.75 Å². The van der Waals surface area contributed by atoms with Crippen molar-refractivity contribution in [2.45, 2.75) is 6.42 Å². The number of ether oxygens (including phenoxy) is 1. The molecule has 7 heteroatoms. The van der Waals surface area contributed by atoms with E-state index in [0.717, 1.165) is 11.3 Å². The Balaban J connectivity index is 1.64. The van der Waals surface area contributed by atoms with Crippen molar-refractivity contribution < 1.29 is 13.9 Å². The summed E-state index contributed by atoms with van der Waals surface area (Å²) in [6.45, 7) is 0.